The maximum absolute atomic E-state index is 5.78. The number of hydrogen-bond acceptors (Lipinski definition) is 4. The Kier molecular flexibility index (Phi) is 3.74. The molecule has 2 heterocycles. The highest BCUT2D eigenvalue weighted by atomic mass is 35.5. The Hall–Kier alpha value is -1.81. The van der Waals surface area contributed by atoms with Crippen LogP contribution in [0.15, 0.2) is 42.5 Å². The molecular formula is C15H17ClN4. The summed E-state index contributed by atoms with van der Waals surface area (Å²) in [6.07, 6.45) is 0. The smallest absolute Gasteiger partial charge is 0.151 e. The predicted octanol–water partition coefficient (Wildman–Crippen LogP) is 2.85. The molecule has 0 N–H and O–H groups in total. The van der Waals surface area contributed by atoms with Crippen molar-refractivity contribution >= 4 is 23.1 Å². The van der Waals surface area contributed by atoms with Gasteiger partial charge in [-0.25, -0.2) is 0 Å². The fraction of sp³-hybridized carbons (Fsp3) is 0.333. The molecule has 3 rings (SSSR count). The van der Waals surface area contributed by atoms with Gasteiger partial charge in [-0.05, 0) is 31.2 Å². The van der Waals surface area contributed by atoms with Gasteiger partial charge in [-0.1, -0.05) is 29.8 Å². The van der Waals surface area contributed by atoms with Gasteiger partial charge in [0.05, 0.1) is 0 Å². The molecule has 1 aromatic carbocycles. The standard InChI is InChI=1S/C15H17ClN4/c1-12-11-19(15-8-7-14(16)17-18-15)9-10-20(12)13-5-3-2-4-6-13/h2-8,12H,9-11H2,1H3. The van der Waals surface area contributed by atoms with E-state index in [2.05, 4.69) is 51.2 Å². The van der Waals surface area contributed by atoms with E-state index in [1.807, 2.05) is 12.1 Å². The summed E-state index contributed by atoms with van der Waals surface area (Å²) in [6, 6.07) is 14.7. The van der Waals surface area contributed by atoms with Crippen molar-refractivity contribution in [1.29, 1.82) is 0 Å². The summed E-state index contributed by atoms with van der Waals surface area (Å²) in [6.45, 7) is 5.10. The van der Waals surface area contributed by atoms with Gasteiger partial charge in [0.2, 0.25) is 0 Å². The first-order valence-electron chi connectivity index (χ1n) is 6.80. The third-order valence-corrected chi connectivity index (χ3v) is 3.86. The van der Waals surface area contributed by atoms with E-state index < -0.39 is 0 Å². The molecule has 1 unspecified atom stereocenters. The van der Waals surface area contributed by atoms with Gasteiger partial charge < -0.3 is 9.80 Å². The number of aromatic nitrogens is 2. The van der Waals surface area contributed by atoms with Crippen LogP contribution in [0.5, 0.6) is 0 Å². The first-order valence-corrected chi connectivity index (χ1v) is 7.18. The Balaban J connectivity index is 1.72. The van der Waals surface area contributed by atoms with E-state index >= 15 is 0 Å². The summed E-state index contributed by atoms with van der Waals surface area (Å²) in [7, 11) is 0. The average molecular weight is 289 g/mol. The molecule has 1 fully saturated rings. The van der Waals surface area contributed by atoms with Crippen LogP contribution in [0.25, 0.3) is 0 Å². The molecule has 0 bridgehead atoms. The zero-order chi connectivity index (χ0) is 13.9. The van der Waals surface area contributed by atoms with E-state index in [-0.39, 0.29) is 0 Å². The summed E-state index contributed by atoms with van der Waals surface area (Å²) >= 11 is 5.78. The zero-order valence-electron chi connectivity index (χ0n) is 11.4. The number of anilines is 2. The Morgan fingerprint density at radius 1 is 1.05 bits per heavy atom. The number of halogens is 1. The largest absolute Gasteiger partial charge is 0.365 e. The van der Waals surface area contributed by atoms with Crippen LogP contribution in [-0.2, 0) is 0 Å². The van der Waals surface area contributed by atoms with Crippen LogP contribution in [0.3, 0.4) is 0 Å². The summed E-state index contributed by atoms with van der Waals surface area (Å²) in [5.41, 5.74) is 1.28. The molecule has 0 saturated carbocycles. The summed E-state index contributed by atoms with van der Waals surface area (Å²) in [5, 5.41) is 8.51. The molecule has 2 aromatic rings. The highest BCUT2D eigenvalue weighted by Crippen LogP contribution is 2.22. The number of piperazine rings is 1. The molecule has 0 aliphatic carbocycles. The average Bonchev–Trinajstić information content (AvgIpc) is 2.49. The van der Waals surface area contributed by atoms with Crippen molar-refractivity contribution in [2.24, 2.45) is 0 Å². The second-order valence-corrected chi connectivity index (χ2v) is 5.43. The number of nitrogens with zero attached hydrogens (tertiary/aromatic N) is 4. The van der Waals surface area contributed by atoms with Crippen molar-refractivity contribution in [2.45, 2.75) is 13.0 Å². The number of hydrogen-bond donors (Lipinski definition) is 0. The Bertz CT molecular complexity index is 558. The molecule has 4 nitrogen and oxygen atoms in total. The Morgan fingerprint density at radius 2 is 1.85 bits per heavy atom. The van der Waals surface area contributed by atoms with E-state index in [1.165, 1.54) is 5.69 Å². The molecule has 1 aromatic heterocycles. The third-order valence-electron chi connectivity index (χ3n) is 3.66. The molecule has 104 valence electrons. The van der Waals surface area contributed by atoms with Crippen LogP contribution in [0.4, 0.5) is 11.5 Å². The van der Waals surface area contributed by atoms with Gasteiger partial charge in [-0.3, -0.25) is 0 Å². The molecule has 20 heavy (non-hydrogen) atoms. The van der Waals surface area contributed by atoms with Crippen molar-refractivity contribution in [3.8, 4) is 0 Å². The summed E-state index contributed by atoms with van der Waals surface area (Å²) in [5.74, 6) is 0.897. The second kappa shape index (κ2) is 5.67. The molecule has 1 aliphatic heterocycles. The SMILES string of the molecule is CC1CN(c2ccc(Cl)nn2)CCN1c1ccccc1. The maximum atomic E-state index is 5.78. The molecule has 0 spiro atoms. The lowest BCUT2D eigenvalue weighted by Gasteiger charge is -2.41. The van der Waals surface area contributed by atoms with Crippen LogP contribution < -0.4 is 9.80 Å². The van der Waals surface area contributed by atoms with Gasteiger partial charge in [0.1, 0.15) is 0 Å². The lowest BCUT2D eigenvalue weighted by atomic mass is 10.1. The maximum Gasteiger partial charge on any atom is 0.151 e. The minimum absolute atomic E-state index is 0.434. The van der Waals surface area contributed by atoms with Gasteiger partial charge in [0, 0.05) is 31.4 Å². The topological polar surface area (TPSA) is 32.3 Å². The van der Waals surface area contributed by atoms with Gasteiger partial charge in [0.15, 0.2) is 11.0 Å². The quantitative estimate of drug-likeness (QED) is 0.851. The van der Waals surface area contributed by atoms with Crippen LogP contribution >= 0.6 is 11.6 Å². The fourth-order valence-corrected chi connectivity index (χ4v) is 2.75. The van der Waals surface area contributed by atoms with Gasteiger partial charge in [-0.2, -0.15) is 0 Å². The fourth-order valence-electron chi connectivity index (χ4n) is 2.65. The minimum Gasteiger partial charge on any atom is -0.365 e. The Labute approximate surface area is 124 Å². The number of para-hydroxylation sites is 1. The van der Waals surface area contributed by atoms with Crippen LogP contribution in [0, 0.1) is 0 Å². The van der Waals surface area contributed by atoms with E-state index in [1.54, 1.807) is 6.07 Å². The molecule has 0 amide bonds. The molecule has 1 aliphatic rings. The first kappa shape index (κ1) is 13.2. The molecule has 0 radical (unpaired) electrons. The van der Waals surface area contributed by atoms with Gasteiger partial charge in [-0.15, -0.1) is 10.2 Å². The third kappa shape index (κ3) is 2.70. The first-order chi connectivity index (χ1) is 9.74. The van der Waals surface area contributed by atoms with Crippen molar-refractivity contribution in [1.82, 2.24) is 10.2 Å². The van der Waals surface area contributed by atoms with E-state index in [0.29, 0.717) is 11.2 Å². The van der Waals surface area contributed by atoms with Gasteiger partial charge in [0.25, 0.3) is 0 Å². The molecule has 1 saturated heterocycles. The summed E-state index contributed by atoms with van der Waals surface area (Å²) < 4.78 is 0. The molecular weight excluding hydrogens is 272 g/mol. The van der Waals surface area contributed by atoms with E-state index in [0.717, 1.165) is 25.5 Å². The minimum atomic E-state index is 0.434. The van der Waals surface area contributed by atoms with Crippen LogP contribution in [0.1, 0.15) is 6.92 Å². The number of benzene rings is 1. The van der Waals surface area contributed by atoms with Crippen LogP contribution in [0.2, 0.25) is 5.15 Å². The molecule has 1 atom stereocenters. The highest BCUT2D eigenvalue weighted by Gasteiger charge is 2.24. The normalized spacial score (nSPS) is 19.2. The Morgan fingerprint density at radius 3 is 2.50 bits per heavy atom. The molecule has 5 heteroatoms. The van der Waals surface area contributed by atoms with E-state index in [9.17, 15) is 0 Å². The monoisotopic (exact) mass is 288 g/mol. The lowest BCUT2D eigenvalue weighted by Crippen LogP contribution is -2.52. The second-order valence-electron chi connectivity index (χ2n) is 5.04. The van der Waals surface area contributed by atoms with Crippen molar-refractivity contribution in [2.75, 3.05) is 29.4 Å². The van der Waals surface area contributed by atoms with Gasteiger partial charge >= 0.3 is 0 Å². The van der Waals surface area contributed by atoms with E-state index in [4.69, 9.17) is 11.6 Å². The highest BCUT2D eigenvalue weighted by molar-refractivity contribution is 6.29. The van der Waals surface area contributed by atoms with Crippen molar-refractivity contribution < 1.29 is 0 Å². The zero-order valence-corrected chi connectivity index (χ0v) is 12.2. The van der Waals surface area contributed by atoms with Crippen molar-refractivity contribution in [3.63, 3.8) is 0 Å². The number of rotatable bonds is 2. The van der Waals surface area contributed by atoms with Crippen molar-refractivity contribution in [3.05, 3.63) is 47.6 Å². The lowest BCUT2D eigenvalue weighted by molar-refractivity contribution is 0.545. The summed E-state index contributed by atoms with van der Waals surface area (Å²) in [4.78, 5) is 4.69. The predicted molar refractivity (Wildman–Crippen MR) is 82.5 cm³/mol. The van der Waals surface area contributed by atoms with Crippen LogP contribution in [-0.4, -0.2) is 35.9 Å².